The number of rotatable bonds is 5. The van der Waals surface area contributed by atoms with Crippen LogP contribution in [-0.2, 0) is 20.4 Å². The van der Waals surface area contributed by atoms with Crippen molar-refractivity contribution in [2.75, 3.05) is 43.3 Å². The topological polar surface area (TPSA) is 86.3 Å². The Morgan fingerprint density at radius 2 is 1.79 bits per heavy atom. The number of nitrogens with zero attached hydrogens (tertiary/aromatic N) is 1. The van der Waals surface area contributed by atoms with E-state index in [-0.39, 0.29) is 18.0 Å². The first-order valence-corrected chi connectivity index (χ1v) is 10.2. The van der Waals surface area contributed by atoms with E-state index in [1.807, 2.05) is 4.90 Å². The van der Waals surface area contributed by atoms with Crippen molar-refractivity contribution < 1.29 is 41.7 Å². The van der Waals surface area contributed by atoms with Gasteiger partial charge < -0.3 is 29.2 Å². The molecule has 176 valence electrons. The number of halogens is 3. The van der Waals surface area contributed by atoms with Crippen LogP contribution in [0.5, 0.6) is 11.5 Å². The third-order valence-electron chi connectivity index (χ3n) is 5.19. The predicted molar refractivity (Wildman–Crippen MR) is 111 cm³/mol. The lowest BCUT2D eigenvalue weighted by Gasteiger charge is -2.31. The zero-order chi connectivity index (χ0) is 23.6. The van der Waals surface area contributed by atoms with Crippen LogP contribution < -0.4 is 19.7 Å². The molecular weight excluding hydrogens is 445 g/mol. The Morgan fingerprint density at radius 3 is 2.52 bits per heavy atom. The van der Waals surface area contributed by atoms with E-state index in [2.05, 4.69) is 5.32 Å². The number of fused-ring (bicyclic) bond motifs is 1. The van der Waals surface area contributed by atoms with Crippen molar-refractivity contribution >= 4 is 23.3 Å². The highest BCUT2D eigenvalue weighted by Crippen LogP contribution is 2.36. The predicted octanol–water partition coefficient (Wildman–Crippen LogP) is 3.45. The molecule has 0 bridgehead atoms. The molecule has 2 heterocycles. The number of benzene rings is 2. The smallest absolute Gasteiger partial charge is 0.416 e. The van der Waals surface area contributed by atoms with Crippen molar-refractivity contribution in [3.8, 4) is 11.5 Å². The molecule has 2 aliphatic heterocycles. The van der Waals surface area contributed by atoms with Gasteiger partial charge in [0, 0.05) is 13.1 Å². The second kappa shape index (κ2) is 9.18. The first-order valence-electron chi connectivity index (χ1n) is 10.2. The third kappa shape index (κ3) is 5.14. The number of morpholine rings is 1. The van der Waals surface area contributed by atoms with Crippen LogP contribution in [0.3, 0.4) is 0 Å². The van der Waals surface area contributed by atoms with Crippen molar-refractivity contribution in [1.29, 1.82) is 0 Å². The SMILES string of the molecule is CC(OC(=O)c1ccc2c(c1)OCO2)C(=O)Nc1cc(C(F)(F)F)ccc1N1CCOCC1. The van der Waals surface area contributed by atoms with Gasteiger partial charge in [0.25, 0.3) is 5.91 Å². The fourth-order valence-corrected chi connectivity index (χ4v) is 3.43. The van der Waals surface area contributed by atoms with Gasteiger partial charge in [-0.3, -0.25) is 4.79 Å². The van der Waals surface area contributed by atoms with Crippen LogP contribution in [-0.4, -0.2) is 51.1 Å². The number of nitrogens with one attached hydrogen (secondary N) is 1. The van der Waals surface area contributed by atoms with Crippen molar-refractivity contribution in [2.24, 2.45) is 0 Å². The Hall–Kier alpha value is -3.47. The molecular formula is C22H21F3N2O6. The lowest BCUT2D eigenvalue weighted by molar-refractivity contribution is -0.137. The van der Waals surface area contributed by atoms with Crippen molar-refractivity contribution in [1.82, 2.24) is 0 Å². The quantitative estimate of drug-likeness (QED) is 0.676. The van der Waals surface area contributed by atoms with Crippen molar-refractivity contribution in [3.63, 3.8) is 0 Å². The Balaban J connectivity index is 1.49. The van der Waals surface area contributed by atoms with Gasteiger partial charge in [0.15, 0.2) is 17.6 Å². The molecule has 0 spiro atoms. The molecule has 8 nitrogen and oxygen atoms in total. The summed E-state index contributed by atoms with van der Waals surface area (Å²) in [5.41, 5.74) is -0.358. The normalized spacial score (nSPS) is 16.3. The summed E-state index contributed by atoms with van der Waals surface area (Å²) >= 11 is 0. The van der Waals surface area contributed by atoms with Crippen LogP contribution in [0.1, 0.15) is 22.8 Å². The van der Waals surface area contributed by atoms with Gasteiger partial charge in [-0.05, 0) is 43.3 Å². The maximum absolute atomic E-state index is 13.3. The van der Waals surface area contributed by atoms with E-state index in [9.17, 15) is 22.8 Å². The lowest BCUT2D eigenvalue weighted by atomic mass is 10.1. The van der Waals surface area contributed by atoms with Crippen LogP contribution in [0.15, 0.2) is 36.4 Å². The third-order valence-corrected chi connectivity index (χ3v) is 5.19. The number of anilines is 2. The summed E-state index contributed by atoms with van der Waals surface area (Å²) < 4.78 is 60.7. The van der Waals surface area contributed by atoms with Crippen LogP contribution in [0, 0.1) is 0 Å². The number of hydrogen-bond acceptors (Lipinski definition) is 7. The highest BCUT2D eigenvalue weighted by atomic mass is 19.4. The van der Waals surface area contributed by atoms with Gasteiger partial charge in [0.1, 0.15) is 0 Å². The zero-order valence-electron chi connectivity index (χ0n) is 17.6. The maximum atomic E-state index is 13.3. The average molecular weight is 466 g/mol. The molecule has 0 aliphatic carbocycles. The van der Waals surface area contributed by atoms with E-state index in [1.54, 1.807) is 6.07 Å². The number of carbonyl (C=O) groups is 2. The van der Waals surface area contributed by atoms with Gasteiger partial charge >= 0.3 is 12.1 Å². The molecule has 2 aromatic rings. The summed E-state index contributed by atoms with van der Waals surface area (Å²) in [6.07, 6.45) is -5.85. The van der Waals surface area contributed by atoms with Crippen LogP contribution in [0.2, 0.25) is 0 Å². The molecule has 2 aliphatic rings. The monoisotopic (exact) mass is 466 g/mol. The minimum absolute atomic E-state index is 0.0253. The Kier molecular flexibility index (Phi) is 6.32. The first-order chi connectivity index (χ1) is 15.7. The Bertz CT molecular complexity index is 1050. The standard InChI is InChI=1S/C22H21F3N2O6/c1-13(33-21(29)14-2-5-18-19(10-14)32-12-31-18)20(28)26-16-11-15(22(23,24)25)3-4-17(16)27-6-8-30-9-7-27/h2-5,10-11,13H,6-9,12H2,1H3,(H,26,28). The second-order valence-corrected chi connectivity index (χ2v) is 7.43. The summed E-state index contributed by atoms with van der Waals surface area (Å²) in [6, 6.07) is 7.58. The summed E-state index contributed by atoms with van der Waals surface area (Å²) in [6.45, 7) is 3.12. The molecule has 1 N–H and O–H groups in total. The van der Waals surface area contributed by atoms with E-state index < -0.39 is 29.7 Å². The highest BCUT2D eigenvalue weighted by molar-refractivity contribution is 5.99. The highest BCUT2D eigenvalue weighted by Gasteiger charge is 2.32. The number of amides is 1. The number of alkyl halides is 3. The lowest BCUT2D eigenvalue weighted by Crippen LogP contribution is -2.37. The van der Waals surface area contributed by atoms with E-state index in [0.717, 1.165) is 12.1 Å². The molecule has 1 amide bonds. The number of ether oxygens (including phenoxy) is 4. The molecule has 0 saturated carbocycles. The molecule has 33 heavy (non-hydrogen) atoms. The van der Waals surface area contributed by atoms with E-state index >= 15 is 0 Å². The molecule has 1 fully saturated rings. The maximum Gasteiger partial charge on any atom is 0.416 e. The Morgan fingerprint density at radius 1 is 1.06 bits per heavy atom. The van der Waals surface area contributed by atoms with E-state index in [1.165, 1.54) is 25.1 Å². The Labute approximate surface area is 187 Å². The molecule has 2 aromatic carbocycles. The van der Waals surface area contributed by atoms with Gasteiger partial charge in [0.05, 0.1) is 35.7 Å². The van der Waals surface area contributed by atoms with Crippen molar-refractivity contribution in [2.45, 2.75) is 19.2 Å². The zero-order valence-corrected chi connectivity index (χ0v) is 17.6. The van der Waals surface area contributed by atoms with E-state index in [4.69, 9.17) is 18.9 Å². The van der Waals surface area contributed by atoms with Gasteiger partial charge in [-0.1, -0.05) is 0 Å². The largest absolute Gasteiger partial charge is 0.454 e. The molecule has 0 radical (unpaired) electrons. The van der Waals surface area contributed by atoms with Crippen LogP contribution in [0.4, 0.5) is 24.5 Å². The minimum Gasteiger partial charge on any atom is -0.454 e. The molecule has 0 aromatic heterocycles. The molecule has 1 saturated heterocycles. The summed E-state index contributed by atoms with van der Waals surface area (Å²) in [5.74, 6) is -0.690. The molecule has 1 atom stereocenters. The molecule has 1 unspecified atom stereocenters. The molecule has 4 rings (SSSR count). The summed E-state index contributed by atoms with van der Waals surface area (Å²) in [5, 5.41) is 2.48. The van der Waals surface area contributed by atoms with Gasteiger partial charge in [-0.2, -0.15) is 13.2 Å². The first kappa shape index (κ1) is 22.7. The fourth-order valence-electron chi connectivity index (χ4n) is 3.43. The number of hydrogen-bond donors (Lipinski definition) is 1. The van der Waals surface area contributed by atoms with Gasteiger partial charge in [-0.25, -0.2) is 4.79 Å². The average Bonchev–Trinajstić information content (AvgIpc) is 3.27. The number of carbonyl (C=O) groups excluding carboxylic acids is 2. The van der Waals surface area contributed by atoms with Crippen LogP contribution >= 0.6 is 0 Å². The van der Waals surface area contributed by atoms with Gasteiger partial charge in [0.2, 0.25) is 6.79 Å². The van der Waals surface area contributed by atoms with Crippen molar-refractivity contribution in [3.05, 3.63) is 47.5 Å². The molecule has 11 heteroatoms. The summed E-state index contributed by atoms with van der Waals surface area (Å²) in [7, 11) is 0. The minimum atomic E-state index is -4.58. The second-order valence-electron chi connectivity index (χ2n) is 7.43. The fraction of sp³-hybridized carbons (Fsp3) is 0.364. The van der Waals surface area contributed by atoms with Crippen LogP contribution in [0.25, 0.3) is 0 Å². The van der Waals surface area contributed by atoms with Gasteiger partial charge in [-0.15, -0.1) is 0 Å². The number of esters is 1. The van der Waals surface area contributed by atoms with E-state index in [0.29, 0.717) is 43.5 Å². The summed E-state index contributed by atoms with van der Waals surface area (Å²) in [4.78, 5) is 27.0.